The lowest BCUT2D eigenvalue weighted by Gasteiger charge is -2.33. The van der Waals surface area contributed by atoms with Crippen molar-refractivity contribution in [2.75, 3.05) is 31.1 Å². The van der Waals surface area contributed by atoms with Crippen molar-refractivity contribution in [3.05, 3.63) is 23.9 Å². The molecular weight excluding hydrogens is 350 g/mol. The zero-order valence-corrected chi connectivity index (χ0v) is 18.1. The largest absolute Gasteiger partial charge is 0.446 e. The number of amides is 1. The molecule has 1 aromatic rings. The van der Waals surface area contributed by atoms with Crippen molar-refractivity contribution in [1.29, 1.82) is 0 Å². The lowest BCUT2D eigenvalue weighted by atomic mass is 9.81. The molecule has 5 nitrogen and oxygen atoms in total. The highest BCUT2D eigenvalue weighted by atomic mass is 16.6. The second-order valence-electron chi connectivity index (χ2n) is 9.05. The van der Waals surface area contributed by atoms with Gasteiger partial charge in [-0.2, -0.15) is 0 Å². The van der Waals surface area contributed by atoms with Crippen molar-refractivity contribution in [3.63, 3.8) is 0 Å². The van der Waals surface area contributed by atoms with Crippen LogP contribution in [0.2, 0.25) is 0 Å². The molecule has 1 amide bonds. The van der Waals surface area contributed by atoms with Crippen LogP contribution in [0.15, 0.2) is 18.3 Å². The number of anilines is 1. The van der Waals surface area contributed by atoms with E-state index in [0.717, 1.165) is 69.5 Å². The summed E-state index contributed by atoms with van der Waals surface area (Å²) in [6.07, 6.45) is 7.01. The van der Waals surface area contributed by atoms with E-state index in [2.05, 4.69) is 49.7 Å². The minimum atomic E-state index is -0.107. The van der Waals surface area contributed by atoms with Crippen LogP contribution >= 0.6 is 0 Å². The maximum Gasteiger partial charge on any atom is 0.410 e. The zero-order chi connectivity index (χ0) is 20.1. The highest BCUT2D eigenvalue weighted by Crippen LogP contribution is 2.30. The highest BCUT2D eigenvalue weighted by molar-refractivity contribution is 5.67. The maximum absolute atomic E-state index is 12.7. The minimum Gasteiger partial charge on any atom is -0.446 e. The number of pyridine rings is 1. The predicted octanol–water partition coefficient (Wildman–Crippen LogP) is 4.89. The molecule has 28 heavy (non-hydrogen) atoms. The molecule has 156 valence electrons. The van der Waals surface area contributed by atoms with Crippen LogP contribution < -0.4 is 4.90 Å². The molecule has 0 N–H and O–H groups in total. The van der Waals surface area contributed by atoms with Gasteiger partial charge in [0.2, 0.25) is 0 Å². The van der Waals surface area contributed by atoms with Gasteiger partial charge >= 0.3 is 6.09 Å². The number of likely N-dealkylation sites (tertiary alicyclic amines) is 1. The fraction of sp³-hybridized carbons (Fsp3) is 0.739. The van der Waals surface area contributed by atoms with Crippen LogP contribution in [0.25, 0.3) is 0 Å². The summed E-state index contributed by atoms with van der Waals surface area (Å²) < 4.78 is 5.87. The Morgan fingerprint density at radius 1 is 1.07 bits per heavy atom. The Morgan fingerprint density at radius 2 is 1.82 bits per heavy atom. The van der Waals surface area contributed by atoms with Gasteiger partial charge in [-0.1, -0.05) is 26.8 Å². The first-order valence-electron chi connectivity index (χ1n) is 11.1. The summed E-state index contributed by atoms with van der Waals surface area (Å²) in [5.41, 5.74) is 1.18. The fourth-order valence-electron chi connectivity index (χ4n) is 4.44. The topological polar surface area (TPSA) is 45.7 Å². The van der Waals surface area contributed by atoms with Crippen molar-refractivity contribution in [1.82, 2.24) is 9.88 Å². The van der Waals surface area contributed by atoms with Gasteiger partial charge in [0.25, 0.3) is 0 Å². The van der Waals surface area contributed by atoms with Gasteiger partial charge in [0.15, 0.2) is 0 Å². The number of ether oxygens (including phenoxy) is 1. The smallest absolute Gasteiger partial charge is 0.410 e. The second kappa shape index (κ2) is 9.62. The summed E-state index contributed by atoms with van der Waals surface area (Å²) in [7, 11) is 0. The fourth-order valence-corrected chi connectivity index (χ4v) is 4.44. The first-order chi connectivity index (χ1) is 13.4. The van der Waals surface area contributed by atoms with Crippen molar-refractivity contribution >= 4 is 11.9 Å². The van der Waals surface area contributed by atoms with E-state index >= 15 is 0 Å². The van der Waals surface area contributed by atoms with Gasteiger partial charge in [-0.15, -0.1) is 0 Å². The highest BCUT2D eigenvalue weighted by Gasteiger charge is 2.29. The Labute approximate surface area is 170 Å². The van der Waals surface area contributed by atoms with Gasteiger partial charge in [-0.25, -0.2) is 9.78 Å². The number of rotatable bonds is 4. The molecule has 2 atom stereocenters. The summed E-state index contributed by atoms with van der Waals surface area (Å²) >= 11 is 0. The molecule has 2 unspecified atom stereocenters. The van der Waals surface area contributed by atoms with Crippen LogP contribution in [0.5, 0.6) is 0 Å². The van der Waals surface area contributed by atoms with Crippen LogP contribution in [-0.4, -0.2) is 48.3 Å². The molecular formula is C23H37N3O2. The van der Waals surface area contributed by atoms with Crippen LogP contribution in [0.4, 0.5) is 10.6 Å². The van der Waals surface area contributed by atoms with E-state index in [1.807, 2.05) is 11.1 Å². The molecule has 1 aromatic heterocycles. The molecule has 0 radical (unpaired) electrons. The van der Waals surface area contributed by atoms with Crippen LogP contribution in [-0.2, 0) is 4.74 Å². The molecule has 0 aromatic carbocycles. The summed E-state index contributed by atoms with van der Waals surface area (Å²) in [6.45, 7) is 12.5. The minimum absolute atomic E-state index is 0.0304. The van der Waals surface area contributed by atoms with Crippen LogP contribution in [0.3, 0.4) is 0 Å². The van der Waals surface area contributed by atoms with Gasteiger partial charge < -0.3 is 14.5 Å². The van der Waals surface area contributed by atoms with Gasteiger partial charge in [0.05, 0.1) is 0 Å². The number of carbonyl (C=O) groups excluding carboxylic acids is 1. The lowest BCUT2D eigenvalue weighted by molar-refractivity contribution is 0.0521. The van der Waals surface area contributed by atoms with E-state index in [0.29, 0.717) is 5.92 Å². The third-order valence-electron chi connectivity index (χ3n) is 6.76. The second-order valence-corrected chi connectivity index (χ2v) is 9.05. The standard InChI is InChI=1S/C23H37N3O2/c1-17(2)19(4)20-6-5-12-26(13-9-20)23(27)28-21-10-14-25(15-11-21)22-8-7-18(3)16-24-22/h7-8,16-17,19-21H,5-6,9-15H2,1-4H3. The molecule has 0 spiro atoms. The van der Waals surface area contributed by atoms with E-state index in [4.69, 9.17) is 4.74 Å². The number of hydrogen-bond donors (Lipinski definition) is 0. The van der Waals surface area contributed by atoms with Crippen LogP contribution in [0.1, 0.15) is 58.4 Å². The quantitative estimate of drug-likeness (QED) is 0.738. The van der Waals surface area contributed by atoms with E-state index in [-0.39, 0.29) is 12.2 Å². The number of nitrogens with zero attached hydrogens (tertiary/aromatic N) is 3. The zero-order valence-electron chi connectivity index (χ0n) is 18.1. The van der Waals surface area contributed by atoms with E-state index in [1.54, 1.807) is 0 Å². The van der Waals surface area contributed by atoms with Gasteiger partial charge in [0, 0.05) is 45.2 Å². The number of piperidine rings is 1. The third kappa shape index (κ3) is 5.39. The first-order valence-corrected chi connectivity index (χ1v) is 11.1. The monoisotopic (exact) mass is 387 g/mol. The number of aryl methyl sites for hydroxylation is 1. The molecule has 2 fully saturated rings. The average Bonchev–Trinajstić information content (AvgIpc) is 2.95. The number of hydrogen-bond acceptors (Lipinski definition) is 4. The maximum atomic E-state index is 12.7. The molecule has 3 rings (SSSR count). The molecule has 5 heteroatoms. The summed E-state index contributed by atoms with van der Waals surface area (Å²) in [5.74, 6) is 3.17. The Balaban J connectivity index is 1.44. The summed E-state index contributed by atoms with van der Waals surface area (Å²) in [5, 5.41) is 0. The number of carbonyl (C=O) groups is 1. The Hall–Kier alpha value is -1.78. The average molecular weight is 388 g/mol. The molecule has 2 saturated heterocycles. The van der Waals surface area contributed by atoms with Crippen molar-refractivity contribution in [3.8, 4) is 0 Å². The van der Waals surface area contributed by atoms with E-state index in [1.165, 1.54) is 12.0 Å². The van der Waals surface area contributed by atoms with Gasteiger partial charge in [-0.05, 0) is 55.6 Å². The molecule has 2 aliphatic heterocycles. The molecule has 0 saturated carbocycles. The van der Waals surface area contributed by atoms with E-state index < -0.39 is 0 Å². The van der Waals surface area contributed by atoms with Crippen molar-refractivity contribution in [2.45, 2.75) is 65.9 Å². The Bertz CT molecular complexity index is 623. The number of aromatic nitrogens is 1. The SMILES string of the molecule is Cc1ccc(N2CCC(OC(=O)N3CCCC(C(C)C(C)C)CC3)CC2)nc1. The van der Waals surface area contributed by atoms with Gasteiger partial charge in [0.1, 0.15) is 11.9 Å². The molecule has 0 aliphatic carbocycles. The lowest BCUT2D eigenvalue weighted by Crippen LogP contribution is -2.41. The Morgan fingerprint density at radius 3 is 2.46 bits per heavy atom. The predicted molar refractivity (Wildman–Crippen MR) is 114 cm³/mol. The van der Waals surface area contributed by atoms with E-state index in [9.17, 15) is 4.79 Å². The van der Waals surface area contributed by atoms with Crippen molar-refractivity contribution in [2.24, 2.45) is 17.8 Å². The van der Waals surface area contributed by atoms with Gasteiger partial charge in [-0.3, -0.25) is 0 Å². The summed E-state index contributed by atoms with van der Waals surface area (Å²) in [6, 6.07) is 4.18. The molecule has 2 aliphatic rings. The van der Waals surface area contributed by atoms with Crippen molar-refractivity contribution < 1.29 is 9.53 Å². The summed E-state index contributed by atoms with van der Waals surface area (Å²) in [4.78, 5) is 21.4. The Kier molecular flexibility index (Phi) is 7.19. The third-order valence-corrected chi connectivity index (χ3v) is 6.76. The van der Waals surface area contributed by atoms with Crippen LogP contribution in [0, 0.1) is 24.7 Å². The molecule has 3 heterocycles. The normalized spacial score (nSPS) is 22.8. The molecule has 0 bridgehead atoms. The first kappa shape index (κ1) is 20.9.